The third-order valence-electron chi connectivity index (χ3n) is 2.35. The van der Waals surface area contributed by atoms with Crippen LogP contribution in [0.1, 0.15) is 12.8 Å². The summed E-state index contributed by atoms with van der Waals surface area (Å²) in [5.41, 5.74) is 0. The van der Waals surface area contributed by atoms with Gasteiger partial charge in [0.1, 0.15) is 13.1 Å². The predicted octanol–water partition coefficient (Wildman–Crippen LogP) is 0.975. The number of nitrogens with zero attached hydrogens (tertiary/aromatic N) is 2. The van der Waals surface area contributed by atoms with E-state index >= 15 is 0 Å². The molecule has 7 heteroatoms. The molecule has 0 bridgehead atoms. The molecule has 1 aliphatic carbocycles. The van der Waals surface area contributed by atoms with Gasteiger partial charge in [0.15, 0.2) is 0 Å². The summed E-state index contributed by atoms with van der Waals surface area (Å²) in [6, 6.07) is -0.969. The maximum Gasteiger partial charge on any atom is 0.406 e. The average molecular weight is 222 g/mol. The molecule has 4 nitrogen and oxygen atoms in total. The lowest BCUT2D eigenvalue weighted by Crippen LogP contribution is -2.39. The minimum absolute atomic E-state index is 0.164. The SMILES string of the molecule is O=C1CN(CC(F)(F)F)C(=O)N1C1CC1. The molecule has 0 radical (unpaired) electrons. The second-order valence-corrected chi connectivity index (χ2v) is 3.75. The fourth-order valence-electron chi connectivity index (χ4n) is 1.60. The molecular weight excluding hydrogens is 213 g/mol. The van der Waals surface area contributed by atoms with Gasteiger partial charge in [-0.15, -0.1) is 0 Å². The predicted molar refractivity (Wildman–Crippen MR) is 42.9 cm³/mol. The van der Waals surface area contributed by atoms with Crippen LogP contribution >= 0.6 is 0 Å². The van der Waals surface area contributed by atoms with Gasteiger partial charge in [-0.3, -0.25) is 9.69 Å². The van der Waals surface area contributed by atoms with E-state index in [2.05, 4.69) is 0 Å². The van der Waals surface area contributed by atoms with Crippen LogP contribution in [0.4, 0.5) is 18.0 Å². The van der Waals surface area contributed by atoms with Gasteiger partial charge < -0.3 is 4.90 Å². The number of urea groups is 1. The first kappa shape index (κ1) is 10.3. The Bertz CT molecular complexity index is 311. The van der Waals surface area contributed by atoms with Crippen LogP contribution in [-0.4, -0.2) is 47.0 Å². The van der Waals surface area contributed by atoms with Crippen molar-refractivity contribution in [2.75, 3.05) is 13.1 Å². The highest BCUT2D eigenvalue weighted by atomic mass is 19.4. The van der Waals surface area contributed by atoms with Gasteiger partial charge >= 0.3 is 12.2 Å². The summed E-state index contributed by atoms with van der Waals surface area (Å²) in [5, 5.41) is 0. The summed E-state index contributed by atoms with van der Waals surface area (Å²) in [4.78, 5) is 24.2. The molecule has 2 rings (SSSR count). The van der Waals surface area contributed by atoms with Gasteiger partial charge in [0.25, 0.3) is 5.91 Å². The van der Waals surface area contributed by atoms with Crippen LogP contribution < -0.4 is 0 Å². The van der Waals surface area contributed by atoms with Gasteiger partial charge in [0.05, 0.1) is 0 Å². The van der Waals surface area contributed by atoms with Crippen LogP contribution in [0, 0.1) is 0 Å². The Morgan fingerprint density at radius 3 is 2.33 bits per heavy atom. The van der Waals surface area contributed by atoms with E-state index in [-0.39, 0.29) is 6.04 Å². The van der Waals surface area contributed by atoms with Crippen molar-refractivity contribution in [2.24, 2.45) is 0 Å². The molecule has 1 aliphatic heterocycles. The highest BCUT2D eigenvalue weighted by Gasteiger charge is 2.47. The summed E-state index contributed by atoms with van der Waals surface area (Å²) in [6.07, 6.45) is -3.04. The molecule has 0 spiro atoms. The number of amides is 3. The fourth-order valence-corrected chi connectivity index (χ4v) is 1.60. The second kappa shape index (κ2) is 3.11. The zero-order valence-electron chi connectivity index (χ0n) is 7.75. The first-order valence-corrected chi connectivity index (χ1v) is 4.56. The van der Waals surface area contributed by atoms with Gasteiger partial charge in [0.2, 0.25) is 0 Å². The molecule has 0 N–H and O–H groups in total. The van der Waals surface area contributed by atoms with Crippen molar-refractivity contribution in [2.45, 2.75) is 25.1 Å². The lowest BCUT2D eigenvalue weighted by atomic mass is 10.5. The van der Waals surface area contributed by atoms with Gasteiger partial charge in [-0.1, -0.05) is 0 Å². The Labute approximate surface area is 83.6 Å². The first-order chi connectivity index (χ1) is 6.88. The normalized spacial score (nSPS) is 22.9. The summed E-state index contributed by atoms with van der Waals surface area (Å²) < 4.78 is 36.1. The Morgan fingerprint density at radius 2 is 1.87 bits per heavy atom. The summed E-state index contributed by atoms with van der Waals surface area (Å²) >= 11 is 0. The van der Waals surface area contributed by atoms with Crippen LogP contribution in [0.15, 0.2) is 0 Å². The first-order valence-electron chi connectivity index (χ1n) is 4.56. The standard InChI is InChI=1S/C8H9F3N2O2/c9-8(10,11)4-12-3-6(14)13(7(12)15)5-1-2-5/h5H,1-4H2. The summed E-state index contributed by atoms with van der Waals surface area (Å²) in [6.45, 7) is -1.80. The molecule has 0 atom stereocenters. The van der Waals surface area contributed by atoms with Gasteiger partial charge in [-0.2, -0.15) is 13.2 Å². The van der Waals surface area contributed by atoms with Crippen molar-refractivity contribution in [3.05, 3.63) is 0 Å². The van der Waals surface area contributed by atoms with E-state index in [0.717, 1.165) is 4.90 Å². The smallest absolute Gasteiger partial charge is 0.306 e. The Hall–Kier alpha value is -1.27. The minimum Gasteiger partial charge on any atom is -0.306 e. The number of hydrogen-bond donors (Lipinski definition) is 0. The summed E-state index contributed by atoms with van der Waals surface area (Å²) in [5.74, 6) is -0.522. The molecular formula is C8H9F3N2O2. The number of hydrogen-bond acceptors (Lipinski definition) is 2. The number of alkyl halides is 3. The monoisotopic (exact) mass is 222 g/mol. The second-order valence-electron chi connectivity index (χ2n) is 3.75. The van der Waals surface area contributed by atoms with Crippen molar-refractivity contribution in [3.8, 4) is 0 Å². The molecule has 15 heavy (non-hydrogen) atoms. The number of carbonyl (C=O) groups is 2. The van der Waals surface area contributed by atoms with E-state index in [4.69, 9.17) is 0 Å². The molecule has 0 aromatic rings. The van der Waals surface area contributed by atoms with E-state index in [1.165, 1.54) is 0 Å². The zero-order chi connectivity index (χ0) is 11.2. The van der Waals surface area contributed by atoms with Crippen molar-refractivity contribution in [1.29, 1.82) is 0 Å². The maximum absolute atomic E-state index is 12.0. The van der Waals surface area contributed by atoms with Crippen LogP contribution in [0.3, 0.4) is 0 Å². The third-order valence-corrected chi connectivity index (χ3v) is 2.35. The zero-order valence-corrected chi connectivity index (χ0v) is 7.75. The van der Waals surface area contributed by atoms with Crippen LogP contribution in [0.2, 0.25) is 0 Å². The van der Waals surface area contributed by atoms with Crippen LogP contribution in [0.25, 0.3) is 0 Å². The highest BCUT2D eigenvalue weighted by molar-refractivity contribution is 6.02. The van der Waals surface area contributed by atoms with E-state index in [1.807, 2.05) is 0 Å². The highest BCUT2D eigenvalue weighted by Crippen LogP contribution is 2.31. The van der Waals surface area contributed by atoms with Crippen LogP contribution in [-0.2, 0) is 4.79 Å². The van der Waals surface area contributed by atoms with E-state index < -0.39 is 31.2 Å². The average Bonchev–Trinajstić information content (AvgIpc) is 2.81. The Kier molecular flexibility index (Phi) is 2.13. The molecule has 1 heterocycles. The van der Waals surface area contributed by atoms with E-state index in [1.54, 1.807) is 0 Å². The molecule has 1 saturated heterocycles. The van der Waals surface area contributed by atoms with E-state index in [0.29, 0.717) is 17.7 Å². The molecule has 2 fully saturated rings. The van der Waals surface area contributed by atoms with Gasteiger partial charge in [-0.25, -0.2) is 4.79 Å². The van der Waals surface area contributed by atoms with Crippen molar-refractivity contribution < 1.29 is 22.8 Å². The maximum atomic E-state index is 12.0. The quantitative estimate of drug-likeness (QED) is 0.653. The molecule has 0 unspecified atom stereocenters. The van der Waals surface area contributed by atoms with E-state index in [9.17, 15) is 22.8 Å². The number of rotatable bonds is 2. The van der Waals surface area contributed by atoms with Crippen molar-refractivity contribution in [3.63, 3.8) is 0 Å². The minimum atomic E-state index is -4.45. The van der Waals surface area contributed by atoms with Crippen molar-refractivity contribution >= 4 is 11.9 Å². The molecule has 3 amide bonds. The van der Waals surface area contributed by atoms with Crippen molar-refractivity contribution in [1.82, 2.24) is 9.80 Å². The van der Waals surface area contributed by atoms with Crippen LogP contribution in [0.5, 0.6) is 0 Å². The number of imide groups is 1. The fraction of sp³-hybridized carbons (Fsp3) is 0.750. The molecule has 0 aromatic carbocycles. The molecule has 0 aromatic heterocycles. The Morgan fingerprint density at radius 1 is 1.27 bits per heavy atom. The molecule has 1 saturated carbocycles. The lowest BCUT2D eigenvalue weighted by Gasteiger charge is -2.17. The molecule has 84 valence electrons. The molecule has 2 aliphatic rings. The summed E-state index contributed by atoms with van der Waals surface area (Å²) in [7, 11) is 0. The largest absolute Gasteiger partial charge is 0.406 e. The van der Waals surface area contributed by atoms with Gasteiger partial charge in [-0.05, 0) is 12.8 Å². The number of carbonyl (C=O) groups excluding carboxylic acids is 2. The lowest BCUT2D eigenvalue weighted by molar-refractivity contribution is -0.139. The number of halogens is 3. The third kappa shape index (κ3) is 2.05. The Balaban J connectivity index is 2.04. The van der Waals surface area contributed by atoms with Gasteiger partial charge in [0, 0.05) is 6.04 Å². The topological polar surface area (TPSA) is 40.6 Å².